The highest BCUT2D eigenvalue weighted by molar-refractivity contribution is 5.55. The van der Waals surface area contributed by atoms with Crippen molar-refractivity contribution in [3.63, 3.8) is 0 Å². The first-order valence-electron chi connectivity index (χ1n) is 7.69. The summed E-state index contributed by atoms with van der Waals surface area (Å²) in [6.45, 7) is 10.6. The van der Waals surface area contributed by atoms with Gasteiger partial charge in [0.25, 0.3) is 0 Å². The maximum absolute atomic E-state index is 4.64. The van der Waals surface area contributed by atoms with E-state index in [1.807, 2.05) is 12.3 Å². The molecule has 3 heteroatoms. The van der Waals surface area contributed by atoms with E-state index in [2.05, 4.69) is 67.2 Å². The lowest BCUT2D eigenvalue weighted by atomic mass is 10.0. The molecule has 112 valence electrons. The van der Waals surface area contributed by atoms with E-state index in [4.69, 9.17) is 0 Å². The second kappa shape index (κ2) is 7.32. The highest BCUT2D eigenvalue weighted by atomic mass is 14.9. The average Bonchev–Trinajstić information content (AvgIpc) is 2.47. The molecule has 0 unspecified atom stereocenters. The zero-order chi connectivity index (χ0) is 15.2. The van der Waals surface area contributed by atoms with Gasteiger partial charge in [0.2, 0.25) is 0 Å². The van der Waals surface area contributed by atoms with Crippen LogP contribution in [-0.4, -0.2) is 16.5 Å². The van der Waals surface area contributed by atoms with E-state index >= 15 is 0 Å². The van der Waals surface area contributed by atoms with E-state index in [-0.39, 0.29) is 0 Å². The molecule has 0 aliphatic heterocycles. The smallest absolute Gasteiger partial charge is 0.159 e. The lowest BCUT2D eigenvalue weighted by Gasteiger charge is -2.09. The van der Waals surface area contributed by atoms with E-state index in [0.717, 1.165) is 30.2 Å². The summed E-state index contributed by atoms with van der Waals surface area (Å²) in [5.74, 6) is 2.00. The van der Waals surface area contributed by atoms with Gasteiger partial charge in [0.15, 0.2) is 5.82 Å². The van der Waals surface area contributed by atoms with Crippen LogP contribution in [0.15, 0.2) is 36.5 Å². The van der Waals surface area contributed by atoms with Crippen molar-refractivity contribution in [3.8, 4) is 11.4 Å². The summed E-state index contributed by atoms with van der Waals surface area (Å²) in [6.07, 6.45) is 1.84. The summed E-state index contributed by atoms with van der Waals surface area (Å²) in [4.78, 5) is 9.03. The number of hydrogen-bond donors (Lipinski definition) is 1. The van der Waals surface area contributed by atoms with Crippen molar-refractivity contribution >= 4 is 0 Å². The van der Waals surface area contributed by atoms with Gasteiger partial charge in [-0.2, -0.15) is 0 Å². The van der Waals surface area contributed by atoms with E-state index in [1.54, 1.807) is 0 Å². The van der Waals surface area contributed by atoms with Crippen LogP contribution in [0.4, 0.5) is 0 Å². The van der Waals surface area contributed by atoms with Crippen LogP contribution >= 0.6 is 0 Å². The molecular formula is C18H25N3. The fraction of sp³-hybridized carbons (Fsp3) is 0.444. The second-order valence-corrected chi connectivity index (χ2v) is 6.17. The van der Waals surface area contributed by atoms with Crippen LogP contribution in [0.25, 0.3) is 11.4 Å². The van der Waals surface area contributed by atoms with Gasteiger partial charge in [-0.25, -0.2) is 9.97 Å². The van der Waals surface area contributed by atoms with Gasteiger partial charge in [-0.3, -0.25) is 0 Å². The molecule has 1 N–H and O–H groups in total. The number of nitrogens with one attached hydrogen (secondary N) is 1. The normalized spacial score (nSPS) is 11.3. The van der Waals surface area contributed by atoms with Crippen LogP contribution < -0.4 is 5.32 Å². The molecule has 3 nitrogen and oxygen atoms in total. The fourth-order valence-electron chi connectivity index (χ4n) is 2.14. The molecule has 0 atom stereocenters. The van der Waals surface area contributed by atoms with Crippen LogP contribution in [0.3, 0.4) is 0 Å². The van der Waals surface area contributed by atoms with Gasteiger partial charge in [-0.05, 0) is 30.0 Å². The van der Waals surface area contributed by atoms with Crippen molar-refractivity contribution in [1.29, 1.82) is 0 Å². The van der Waals surface area contributed by atoms with E-state index in [1.165, 1.54) is 5.56 Å². The number of hydrogen-bond acceptors (Lipinski definition) is 3. The Labute approximate surface area is 127 Å². The number of benzene rings is 1. The molecule has 0 radical (unpaired) electrons. The summed E-state index contributed by atoms with van der Waals surface area (Å²) in [5, 5.41) is 3.41. The van der Waals surface area contributed by atoms with Crippen LogP contribution in [0, 0.1) is 5.92 Å². The molecule has 0 aliphatic carbocycles. The van der Waals surface area contributed by atoms with E-state index in [0.29, 0.717) is 11.8 Å². The summed E-state index contributed by atoms with van der Waals surface area (Å²) in [5.41, 5.74) is 3.45. The number of aromatic nitrogens is 2. The number of rotatable bonds is 6. The molecule has 2 rings (SSSR count). The third kappa shape index (κ3) is 4.64. The largest absolute Gasteiger partial charge is 0.311 e. The molecule has 1 heterocycles. The molecule has 0 saturated heterocycles. The Hall–Kier alpha value is -1.74. The minimum absolute atomic E-state index is 0.548. The topological polar surface area (TPSA) is 37.8 Å². The molecule has 0 spiro atoms. The molecule has 0 fully saturated rings. The Kier molecular flexibility index (Phi) is 5.45. The second-order valence-electron chi connectivity index (χ2n) is 6.17. The molecule has 0 amide bonds. The maximum Gasteiger partial charge on any atom is 0.159 e. The van der Waals surface area contributed by atoms with Crippen molar-refractivity contribution in [2.75, 3.05) is 6.54 Å². The SMILES string of the molecule is CC(C)CNCc1ccnc(-c2ccc(C(C)C)cc2)n1. The first-order chi connectivity index (χ1) is 10.1. The van der Waals surface area contributed by atoms with Gasteiger partial charge in [-0.1, -0.05) is 52.0 Å². The molecule has 0 saturated carbocycles. The van der Waals surface area contributed by atoms with Crippen molar-refractivity contribution in [2.24, 2.45) is 5.92 Å². The highest BCUT2D eigenvalue weighted by Gasteiger charge is 2.04. The zero-order valence-corrected chi connectivity index (χ0v) is 13.4. The highest BCUT2D eigenvalue weighted by Crippen LogP contribution is 2.19. The lowest BCUT2D eigenvalue weighted by molar-refractivity contribution is 0.548. The van der Waals surface area contributed by atoms with Crippen LogP contribution in [0.5, 0.6) is 0 Å². The van der Waals surface area contributed by atoms with Gasteiger partial charge < -0.3 is 5.32 Å². The van der Waals surface area contributed by atoms with Crippen LogP contribution in [-0.2, 0) is 6.54 Å². The Morgan fingerprint density at radius 1 is 1.00 bits per heavy atom. The van der Waals surface area contributed by atoms with Gasteiger partial charge in [0.1, 0.15) is 0 Å². The average molecular weight is 283 g/mol. The van der Waals surface area contributed by atoms with Crippen molar-refractivity contribution in [3.05, 3.63) is 47.8 Å². The Bertz CT molecular complexity index is 559. The summed E-state index contributed by atoms with van der Waals surface area (Å²) >= 11 is 0. The van der Waals surface area contributed by atoms with Crippen molar-refractivity contribution < 1.29 is 0 Å². The standard InChI is InChI=1S/C18H25N3/c1-13(2)11-19-12-17-9-10-20-18(21-17)16-7-5-15(6-8-16)14(3)4/h5-10,13-14,19H,11-12H2,1-4H3. The van der Waals surface area contributed by atoms with Gasteiger partial charge in [0, 0.05) is 18.3 Å². The Balaban J connectivity index is 2.09. The first-order valence-corrected chi connectivity index (χ1v) is 7.69. The summed E-state index contributed by atoms with van der Waals surface area (Å²) in [6, 6.07) is 10.5. The number of nitrogens with zero attached hydrogens (tertiary/aromatic N) is 2. The zero-order valence-electron chi connectivity index (χ0n) is 13.4. The summed E-state index contributed by atoms with van der Waals surface area (Å²) in [7, 11) is 0. The van der Waals surface area contributed by atoms with Gasteiger partial charge in [-0.15, -0.1) is 0 Å². The van der Waals surface area contributed by atoms with E-state index in [9.17, 15) is 0 Å². The van der Waals surface area contributed by atoms with Gasteiger partial charge in [0.05, 0.1) is 5.69 Å². The summed E-state index contributed by atoms with van der Waals surface area (Å²) < 4.78 is 0. The molecule has 0 aliphatic rings. The predicted molar refractivity (Wildman–Crippen MR) is 88.1 cm³/mol. The van der Waals surface area contributed by atoms with Crippen molar-refractivity contribution in [2.45, 2.75) is 40.2 Å². The van der Waals surface area contributed by atoms with Gasteiger partial charge >= 0.3 is 0 Å². The van der Waals surface area contributed by atoms with Crippen LogP contribution in [0.2, 0.25) is 0 Å². The first kappa shape index (κ1) is 15.6. The molecule has 21 heavy (non-hydrogen) atoms. The lowest BCUT2D eigenvalue weighted by Crippen LogP contribution is -2.19. The molecule has 1 aromatic carbocycles. The van der Waals surface area contributed by atoms with E-state index < -0.39 is 0 Å². The van der Waals surface area contributed by atoms with Crippen LogP contribution in [0.1, 0.15) is 44.9 Å². The van der Waals surface area contributed by atoms with Crippen molar-refractivity contribution in [1.82, 2.24) is 15.3 Å². The quantitative estimate of drug-likeness (QED) is 0.870. The third-order valence-electron chi connectivity index (χ3n) is 3.41. The Morgan fingerprint density at radius 2 is 1.71 bits per heavy atom. The Morgan fingerprint density at radius 3 is 2.33 bits per heavy atom. The fourth-order valence-corrected chi connectivity index (χ4v) is 2.14. The molecule has 0 bridgehead atoms. The molecular weight excluding hydrogens is 258 g/mol. The molecule has 2 aromatic rings. The third-order valence-corrected chi connectivity index (χ3v) is 3.41. The minimum Gasteiger partial charge on any atom is -0.311 e. The minimum atomic E-state index is 0.548. The maximum atomic E-state index is 4.64. The monoisotopic (exact) mass is 283 g/mol. The molecule has 1 aromatic heterocycles. The predicted octanol–water partition coefficient (Wildman–Crippen LogP) is 4.01.